The highest BCUT2D eigenvalue weighted by Gasteiger charge is 2.51. The third-order valence-electron chi connectivity index (χ3n) is 5.14. The molecule has 1 aromatic rings. The molecule has 3 rings (SSSR count). The Labute approximate surface area is 124 Å². The van der Waals surface area contributed by atoms with E-state index in [4.69, 9.17) is 0 Å². The van der Waals surface area contributed by atoms with Crippen molar-refractivity contribution in [1.29, 1.82) is 0 Å². The topological polar surface area (TPSA) is 66.4 Å². The normalized spacial score (nSPS) is 30.3. The highest BCUT2D eigenvalue weighted by atomic mass is 16.4. The third kappa shape index (κ3) is 2.67. The summed E-state index contributed by atoms with van der Waals surface area (Å²) in [4.78, 5) is 23.7. The molecule has 2 N–H and O–H groups in total. The molecular formula is C17H21NO3. The number of rotatable bonds is 4. The van der Waals surface area contributed by atoms with Crippen molar-refractivity contribution in [3.05, 3.63) is 35.4 Å². The van der Waals surface area contributed by atoms with Gasteiger partial charge in [-0.3, -0.25) is 9.59 Å². The summed E-state index contributed by atoms with van der Waals surface area (Å²) in [5.74, 6) is -0.630. The van der Waals surface area contributed by atoms with Crippen molar-refractivity contribution in [3.63, 3.8) is 0 Å². The standard InChI is InChI=1S/C17H21NO3/c1-10-4-2-3-5-11(10)9-14(19)18-16-13-7-6-12(8-13)15(16)17(20)21/h2-5,12-13,15-16H,6-9H2,1H3,(H,18,19)(H,20,21). The molecule has 21 heavy (non-hydrogen) atoms. The average molecular weight is 287 g/mol. The van der Waals surface area contributed by atoms with Crippen LogP contribution in [0.25, 0.3) is 0 Å². The Kier molecular flexibility index (Phi) is 3.70. The van der Waals surface area contributed by atoms with Crippen LogP contribution >= 0.6 is 0 Å². The number of aliphatic carboxylic acids is 1. The van der Waals surface area contributed by atoms with Crippen LogP contribution in [0.15, 0.2) is 24.3 Å². The van der Waals surface area contributed by atoms with Crippen LogP contribution in [0, 0.1) is 24.7 Å². The molecule has 0 saturated heterocycles. The summed E-state index contributed by atoms with van der Waals surface area (Å²) in [6.45, 7) is 1.99. The molecule has 112 valence electrons. The minimum absolute atomic E-state index is 0.0619. The minimum Gasteiger partial charge on any atom is -0.481 e. The van der Waals surface area contributed by atoms with E-state index in [0.717, 1.165) is 30.4 Å². The van der Waals surface area contributed by atoms with E-state index in [1.807, 2.05) is 31.2 Å². The number of amides is 1. The molecule has 0 aliphatic heterocycles. The Balaban J connectivity index is 1.67. The van der Waals surface area contributed by atoms with Crippen molar-refractivity contribution in [2.24, 2.45) is 17.8 Å². The van der Waals surface area contributed by atoms with E-state index >= 15 is 0 Å². The van der Waals surface area contributed by atoms with Crippen LogP contribution in [0.5, 0.6) is 0 Å². The van der Waals surface area contributed by atoms with Gasteiger partial charge in [0.15, 0.2) is 0 Å². The first kappa shape index (κ1) is 14.1. The van der Waals surface area contributed by atoms with Crippen molar-refractivity contribution in [2.45, 2.75) is 38.6 Å². The Morgan fingerprint density at radius 2 is 1.95 bits per heavy atom. The molecule has 0 heterocycles. The fourth-order valence-electron chi connectivity index (χ4n) is 4.07. The molecule has 2 aliphatic rings. The first-order chi connectivity index (χ1) is 10.1. The summed E-state index contributed by atoms with van der Waals surface area (Å²) in [5, 5.41) is 12.4. The average Bonchev–Trinajstić information content (AvgIpc) is 3.02. The van der Waals surface area contributed by atoms with Gasteiger partial charge in [0.25, 0.3) is 0 Å². The Morgan fingerprint density at radius 3 is 2.67 bits per heavy atom. The second-order valence-corrected chi connectivity index (χ2v) is 6.39. The van der Waals surface area contributed by atoms with Gasteiger partial charge in [0.2, 0.25) is 5.91 Å². The van der Waals surface area contributed by atoms with Crippen molar-refractivity contribution in [2.75, 3.05) is 0 Å². The summed E-state index contributed by atoms with van der Waals surface area (Å²) in [6.07, 6.45) is 3.31. The lowest BCUT2D eigenvalue weighted by atomic mass is 9.84. The fraction of sp³-hybridized carbons (Fsp3) is 0.529. The van der Waals surface area contributed by atoms with E-state index in [2.05, 4.69) is 5.32 Å². The molecule has 1 amide bonds. The molecule has 4 atom stereocenters. The molecule has 4 nitrogen and oxygen atoms in total. The fourth-order valence-corrected chi connectivity index (χ4v) is 4.07. The Morgan fingerprint density at radius 1 is 1.24 bits per heavy atom. The van der Waals surface area contributed by atoms with E-state index in [0.29, 0.717) is 12.3 Å². The summed E-state index contributed by atoms with van der Waals surface area (Å²) >= 11 is 0. The molecule has 0 spiro atoms. The van der Waals surface area contributed by atoms with Gasteiger partial charge in [-0.15, -0.1) is 0 Å². The summed E-state index contributed by atoms with van der Waals surface area (Å²) < 4.78 is 0. The quantitative estimate of drug-likeness (QED) is 0.891. The van der Waals surface area contributed by atoms with Gasteiger partial charge >= 0.3 is 5.97 Å². The molecule has 2 bridgehead atoms. The first-order valence-electron chi connectivity index (χ1n) is 7.63. The molecular weight excluding hydrogens is 266 g/mol. The number of carboxylic acid groups (broad SMARTS) is 1. The molecule has 4 heteroatoms. The van der Waals surface area contributed by atoms with E-state index in [9.17, 15) is 14.7 Å². The zero-order chi connectivity index (χ0) is 15.0. The number of benzene rings is 1. The van der Waals surface area contributed by atoms with Gasteiger partial charge in [0.05, 0.1) is 12.3 Å². The van der Waals surface area contributed by atoms with Gasteiger partial charge in [-0.05, 0) is 49.1 Å². The van der Waals surface area contributed by atoms with Crippen LogP contribution in [-0.2, 0) is 16.0 Å². The number of nitrogens with one attached hydrogen (secondary N) is 1. The summed E-state index contributed by atoms with van der Waals surface area (Å²) in [5.41, 5.74) is 2.10. The van der Waals surface area contributed by atoms with Crippen molar-refractivity contribution >= 4 is 11.9 Å². The molecule has 4 unspecified atom stereocenters. The van der Waals surface area contributed by atoms with Gasteiger partial charge in [0.1, 0.15) is 0 Å². The van der Waals surface area contributed by atoms with Crippen LogP contribution in [0.4, 0.5) is 0 Å². The van der Waals surface area contributed by atoms with Crippen molar-refractivity contribution in [1.82, 2.24) is 5.32 Å². The second kappa shape index (κ2) is 5.51. The molecule has 0 radical (unpaired) electrons. The number of fused-ring (bicyclic) bond motifs is 2. The summed E-state index contributed by atoms with van der Waals surface area (Å²) in [6, 6.07) is 7.63. The number of hydrogen-bond acceptors (Lipinski definition) is 2. The lowest BCUT2D eigenvalue weighted by Gasteiger charge is -2.29. The van der Waals surface area contributed by atoms with E-state index in [1.54, 1.807) is 0 Å². The maximum atomic E-state index is 12.3. The van der Waals surface area contributed by atoms with Crippen LogP contribution in [0.2, 0.25) is 0 Å². The largest absolute Gasteiger partial charge is 0.481 e. The molecule has 0 aromatic heterocycles. The van der Waals surface area contributed by atoms with Crippen molar-refractivity contribution < 1.29 is 14.7 Å². The number of carbonyl (C=O) groups is 2. The second-order valence-electron chi connectivity index (χ2n) is 6.39. The van der Waals surface area contributed by atoms with E-state index in [-0.39, 0.29) is 17.9 Å². The van der Waals surface area contributed by atoms with Crippen LogP contribution < -0.4 is 5.32 Å². The Bertz CT molecular complexity index is 569. The highest BCUT2D eigenvalue weighted by molar-refractivity contribution is 5.81. The maximum absolute atomic E-state index is 12.3. The molecule has 2 aliphatic carbocycles. The van der Waals surface area contributed by atoms with Gasteiger partial charge in [0, 0.05) is 6.04 Å². The lowest BCUT2D eigenvalue weighted by molar-refractivity contribution is -0.144. The van der Waals surface area contributed by atoms with Crippen molar-refractivity contribution in [3.8, 4) is 0 Å². The number of carboxylic acids is 1. The highest BCUT2D eigenvalue weighted by Crippen LogP contribution is 2.48. The smallest absolute Gasteiger partial charge is 0.308 e. The van der Waals surface area contributed by atoms with E-state index < -0.39 is 11.9 Å². The van der Waals surface area contributed by atoms with Gasteiger partial charge in [-0.1, -0.05) is 24.3 Å². The monoisotopic (exact) mass is 287 g/mol. The molecule has 2 fully saturated rings. The van der Waals surface area contributed by atoms with Gasteiger partial charge in [-0.2, -0.15) is 0 Å². The summed E-state index contributed by atoms with van der Waals surface area (Å²) in [7, 11) is 0. The predicted molar refractivity (Wildman–Crippen MR) is 78.8 cm³/mol. The zero-order valence-corrected chi connectivity index (χ0v) is 12.2. The van der Waals surface area contributed by atoms with Gasteiger partial charge in [-0.25, -0.2) is 0 Å². The van der Waals surface area contributed by atoms with Crippen LogP contribution in [0.3, 0.4) is 0 Å². The molecule has 1 aromatic carbocycles. The molecule has 2 saturated carbocycles. The van der Waals surface area contributed by atoms with Crippen LogP contribution in [0.1, 0.15) is 30.4 Å². The van der Waals surface area contributed by atoms with Crippen LogP contribution in [-0.4, -0.2) is 23.0 Å². The Hall–Kier alpha value is -1.84. The third-order valence-corrected chi connectivity index (χ3v) is 5.14. The van der Waals surface area contributed by atoms with Gasteiger partial charge < -0.3 is 10.4 Å². The number of aryl methyl sites for hydroxylation is 1. The lowest BCUT2D eigenvalue weighted by Crippen LogP contribution is -2.47. The maximum Gasteiger partial charge on any atom is 0.308 e. The predicted octanol–water partition coefficient (Wildman–Crippen LogP) is 2.15. The SMILES string of the molecule is Cc1ccccc1CC(=O)NC1C2CCC(C2)C1C(=O)O. The number of hydrogen-bond donors (Lipinski definition) is 2. The first-order valence-corrected chi connectivity index (χ1v) is 7.63. The van der Waals surface area contributed by atoms with E-state index in [1.165, 1.54) is 0 Å². The zero-order valence-electron chi connectivity index (χ0n) is 12.2. The minimum atomic E-state index is -0.761. The number of carbonyl (C=O) groups excluding carboxylic acids is 1.